The van der Waals surface area contributed by atoms with Gasteiger partial charge in [-0.3, -0.25) is 0 Å². The van der Waals surface area contributed by atoms with Crippen molar-refractivity contribution in [1.29, 1.82) is 0 Å². The maximum Gasteiger partial charge on any atom is -0.0200 e. The minimum Gasteiger partial charge on any atom is -0.0842 e. The maximum absolute atomic E-state index is 2.37. The van der Waals surface area contributed by atoms with Crippen LogP contribution < -0.4 is 0 Å². The topological polar surface area (TPSA) is 0 Å². The molecular weight excluding hydrogens is 180 g/mol. The molecule has 0 heteroatoms. The molecule has 0 heterocycles. The van der Waals surface area contributed by atoms with Crippen molar-refractivity contribution in [3.8, 4) is 0 Å². The van der Waals surface area contributed by atoms with Crippen LogP contribution in [-0.2, 0) is 0 Å². The summed E-state index contributed by atoms with van der Waals surface area (Å²) in [5.41, 5.74) is 1.72. The molecule has 0 aromatic heterocycles. The van der Waals surface area contributed by atoms with Gasteiger partial charge >= 0.3 is 0 Å². The van der Waals surface area contributed by atoms with E-state index >= 15 is 0 Å². The molecule has 0 saturated heterocycles. The van der Waals surface area contributed by atoms with E-state index in [2.05, 4.69) is 32.1 Å². The Balaban J connectivity index is 2.45. The highest BCUT2D eigenvalue weighted by atomic mass is 14.2. The number of hydrogen-bond donors (Lipinski definition) is 0. The van der Waals surface area contributed by atoms with Crippen molar-refractivity contribution in [1.82, 2.24) is 0 Å². The summed E-state index contributed by atoms with van der Waals surface area (Å²) in [5, 5.41) is 0. The Kier molecular flexibility index (Phi) is 6.47. The molecule has 0 unspecified atom stereocenters. The van der Waals surface area contributed by atoms with Crippen LogP contribution in [0.3, 0.4) is 0 Å². The van der Waals surface area contributed by atoms with Gasteiger partial charge in [0.1, 0.15) is 0 Å². The van der Waals surface area contributed by atoms with Crippen molar-refractivity contribution in [3.05, 3.63) is 23.8 Å². The third kappa shape index (κ3) is 4.68. The third-order valence-electron chi connectivity index (χ3n) is 3.38. The van der Waals surface area contributed by atoms with Gasteiger partial charge in [0.25, 0.3) is 0 Å². The minimum absolute atomic E-state index is 0.884. The van der Waals surface area contributed by atoms with E-state index in [0.717, 1.165) is 5.92 Å². The van der Waals surface area contributed by atoms with Gasteiger partial charge in [-0.1, -0.05) is 63.3 Å². The summed E-state index contributed by atoms with van der Waals surface area (Å²) in [6.07, 6.45) is 17.8. The fraction of sp³-hybridized carbons (Fsp3) is 0.733. The number of rotatable bonds is 7. The van der Waals surface area contributed by atoms with Gasteiger partial charge in [0, 0.05) is 0 Å². The Hall–Kier alpha value is -0.520. The molecule has 0 N–H and O–H groups in total. The van der Waals surface area contributed by atoms with E-state index < -0.39 is 0 Å². The van der Waals surface area contributed by atoms with Crippen LogP contribution >= 0.6 is 0 Å². The van der Waals surface area contributed by atoms with Crippen molar-refractivity contribution < 1.29 is 0 Å². The van der Waals surface area contributed by atoms with Gasteiger partial charge in [-0.2, -0.15) is 0 Å². The van der Waals surface area contributed by atoms with E-state index in [9.17, 15) is 0 Å². The third-order valence-corrected chi connectivity index (χ3v) is 3.38. The molecule has 1 rings (SSSR count). The second-order valence-corrected chi connectivity index (χ2v) is 4.69. The number of hydrogen-bond acceptors (Lipinski definition) is 0. The van der Waals surface area contributed by atoms with Crippen LogP contribution in [0.25, 0.3) is 0 Å². The maximum atomic E-state index is 2.37. The van der Waals surface area contributed by atoms with Crippen LogP contribution in [0.1, 0.15) is 65.2 Å². The van der Waals surface area contributed by atoms with Crippen LogP contribution in [0, 0.1) is 5.92 Å². The van der Waals surface area contributed by atoms with Crippen molar-refractivity contribution in [2.75, 3.05) is 0 Å². The number of unbranched alkanes of at least 4 members (excludes halogenated alkanes) is 2. The lowest BCUT2D eigenvalue weighted by Gasteiger charge is -2.21. The van der Waals surface area contributed by atoms with Crippen molar-refractivity contribution >= 4 is 0 Å². The van der Waals surface area contributed by atoms with Gasteiger partial charge < -0.3 is 0 Å². The van der Waals surface area contributed by atoms with Crippen LogP contribution in [-0.4, -0.2) is 0 Å². The molecule has 0 saturated carbocycles. The normalized spacial score (nSPS) is 15.8. The average molecular weight is 206 g/mol. The fourth-order valence-corrected chi connectivity index (χ4v) is 2.38. The molecular formula is C15H26. The zero-order valence-electron chi connectivity index (χ0n) is 10.5. The van der Waals surface area contributed by atoms with E-state index in [0.29, 0.717) is 0 Å². The Bertz CT molecular complexity index is 202. The van der Waals surface area contributed by atoms with Crippen LogP contribution in [0.15, 0.2) is 23.8 Å². The first-order valence-electron chi connectivity index (χ1n) is 6.74. The lowest BCUT2D eigenvalue weighted by Crippen LogP contribution is -2.06. The molecule has 1 aliphatic carbocycles. The Labute approximate surface area is 95.5 Å². The minimum atomic E-state index is 0.884. The molecule has 15 heavy (non-hydrogen) atoms. The number of allylic oxidation sites excluding steroid dienone is 4. The lowest BCUT2D eigenvalue weighted by atomic mass is 9.85. The predicted octanol–water partition coefficient (Wildman–Crippen LogP) is 5.26. The molecule has 0 bridgehead atoms. The molecule has 0 radical (unpaired) electrons. The first kappa shape index (κ1) is 12.5. The standard InChI is InChI=1S/C15H26/c1-3-5-10-14(11-6-4-2)15-12-8-7-9-13-15/h7-8,12,14H,3-6,9-11,13H2,1-2H3. The highest BCUT2D eigenvalue weighted by Gasteiger charge is 2.13. The van der Waals surface area contributed by atoms with Crippen LogP contribution in [0.5, 0.6) is 0 Å². The lowest BCUT2D eigenvalue weighted by molar-refractivity contribution is 0.463. The van der Waals surface area contributed by atoms with E-state index in [1.807, 2.05) is 0 Å². The summed E-state index contributed by atoms with van der Waals surface area (Å²) in [4.78, 5) is 0. The van der Waals surface area contributed by atoms with E-state index in [4.69, 9.17) is 0 Å². The van der Waals surface area contributed by atoms with Crippen molar-refractivity contribution in [2.45, 2.75) is 65.2 Å². The highest BCUT2D eigenvalue weighted by molar-refractivity contribution is 5.19. The molecule has 86 valence electrons. The molecule has 0 aromatic carbocycles. The molecule has 0 nitrogen and oxygen atoms in total. The SMILES string of the molecule is CCCCC(CCCC)C1=CC=CCC1. The Morgan fingerprint density at radius 2 is 1.80 bits per heavy atom. The summed E-state index contributed by atoms with van der Waals surface area (Å²) in [6, 6.07) is 0. The van der Waals surface area contributed by atoms with Gasteiger partial charge in [-0.15, -0.1) is 0 Å². The van der Waals surface area contributed by atoms with Crippen LogP contribution in [0.4, 0.5) is 0 Å². The molecule has 1 aliphatic rings. The predicted molar refractivity (Wildman–Crippen MR) is 69.0 cm³/mol. The Morgan fingerprint density at radius 1 is 1.13 bits per heavy atom. The molecule has 0 atom stereocenters. The highest BCUT2D eigenvalue weighted by Crippen LogP contribution is 2.29. The first-order valence-corrected chi connectivity index (χ1v) is 6.74. The van der Waals surface area contributed by atoms with Gasteiger partial charge in [0.05, 0.1) is 0 Å². The van der Waals surface area contributed by atoms with Gasteiger partial charge in [0.15, 0.2) is 0 Å². The summed E-state index contributed by atoms with van der Waals surface area (Å²) < 4.78 is 0. The quantitative estimate of drug-likeness (QED) is 0.533. The van der Waals surface area contributed by atoms with E-state index in [1.54, 1.807) is 5.57 Å². The van der Waals surface area contributed by atoms with Gasteiger partial charge in [-0.05, 0) is 31.6 Å². The van der Waals surface area contributed by atoms with Gasteiger partial charge in [0.2, 0.25) is 0 Å². The second-order valence-electron chi connectivity index (χ2n) is 4.69. The average Bonchev–Trinajstić information content (AvgIpc) is 2.30. The van der Waals surface area contributed by atoms with Gasteiger partial charge in [-0.25, -0.2) is 0 Å². The zero-order chi connectivity index (χ0) is 10.9. The van der Waals surface area contributed by atoms with Crippen LogP contribution in [0.2, 0.25) is 0 Å². The molecule has 0 aliphatic heterocycles. The smallest absolute Gasteiger partial charge is 0.0200 e. The summed E-state index contributed by atoms with van der Waals surface area (Å²) >= 11 is 0. The Morgan fingerprint density at radius 3 is 2.27 bits per heavy atom. The summed E-state index contributed by atoms with van der Waals surface area (Å²) in [6.45, 7) is 4.60. The second kappa shape index (κ2) is 7.73. The van der Waals surface area contributed by atoms with E-state index in [-0.39, 0.29) is 0 Å². The molecule has 0 fully saturated rings. The van der Waals surface area contributed by atoms with Crippen molar-refractivity contribution in [2.24, 2.45) is 5.92 Å². The summed E-state index contributed by atoms with van der Waals surface area (Å²) in [7, 11) is 0. The fourth-order valence-electron chi connectivity index (χ4n) is 2.38. The molecule has 0 spiro atoms. The largest absolute Gasteiger partial charge is 0.0842 e. The molecule has 0 aromatic rings. The molecule has 0 amide bonds. The zero-order valence-corrected chi connectivity index (χ0v) is 10.5. The van der Waals surface area contributed by atoms with E-state index in [1.165, 1.54) is 51.4 Å². The summed E-state index contributed by atoms with van der Waals surface area (Å²) in [5.74, 6) is 0.884. The van der Waals surface area contributed by atoms with Crippen molar-refractivity contribution in [3.63, 3.8) is 0 Å². The monoisotopic (exact) mass is 206 g/mol. The first-order chi connectivity index (χ1) is 7.38.